The van der Waals surface area contributed by atoms with E-state index in [2.05, 4.69) is 26.8 Å². The van der Waals surface area contributed by atoms with Crippen LogP contribution in [-0.4, -0.2) is 22.4 Å². The fourth-order valence-corrected chi connectivity index (χ4v) is 4.17. The van der Waals surface area contributed by atoms with Gasteiger partial charge in [0.05, 0.1) is 11.7 Å². The zero-order valence-corrected chi connectivity index (χ0v) is 11.4. The van der Waals surface area contributed by atoms with E-state index in [1.165, 1.54) is 18.4 Å². The summed E-state index contributed by atoms with van der Waals surface area (Å²) in [6.45, 7) is 8.78. The second kappa shape index (κ2) is 3.16. The summed E-state index contributed by atoms with van der Waals surface area (Å²) in [6.07, 6.45) is 6.67. The van der Waals surface area contributed by atoms with E-state index < -0.39 is 5.60 Å². The highest BCUT2D eigenvalue weighted by atomic mass is 16.5. The lowest BCUT2D eigenvalue weighted by atomic mass is 9.67. The smallest absolute Gasteiger partial charge is 0.106 e. The Morgan fingerprint density at radius 2 is 1.94 bits per heavy atom. The quantitative estimate of drug-likeness (QED) is 0.655. The molecule has 0 amide bonds. The summed E-state index contributed by atoms with van der Waals surface area (Å²) < 4.78 is 6.23. The van der Waals surface area contributed by atoms with Gasteiger partial charge in [-0.05, 0) is 44.9 Å². The van der Waals surface area contributed by atoms with Crippen LogP contribution in [0.15, 0.2) is 11.6 Å². The molecule has 1 heterocycles. The topological polar surface area (TPSA) is 29.5 Å². The van der Waals surface area contributed by atoms with Gasteiger partial charge in [0, 0.05) is 5.92 Å². The van der Waals surface area contributed by atoms with Gasteiger partial charge in [-0.25, -0.2) is 0 Å². The summed E-state index contributed by atoms with van der Waals surface area (Å²) in [5.74, 6) is 0.519. The third-order valence-corrected chi connectivity index (χ3v) is 5.33. The van der Waals surface area contributed by atoms with Gasteiger partial charge in [-0.15, -0.1) is 0 Å². The fraction of sp³-hybridized carbons (Fsp3) is 0.867. The maximum absolute atomic E-state index is 10.5. The molecule has 3 aliphatic rings. The molecule has 2 nitrogen and oxygen atoms in total. The zero-order valence-electron chi connectivity index (χ0n) is 11.4. The molecule has 0 unspecified atom stereocenters. The third kappa shape index (κ3) is 1.53. The SMILES string of the molecule is CC1(C)CCC[C@]2(C)O[C@H]3C[C@@H]2C1=C[C@@]3(C)O. The van der Waals surface area contributed by atoms with Crippen LogP contribution in [0, 0.1) is 11.3 Å². The molecule has 96 valence electrons. The summed E-state index contributed by atoms with van der Waals surface area (Å²) >= 11 is 0. The molecule has 1 saturated heterocycles. The number of fused-ring (bicyclic) bond motifs is 1. The van der Waals surface area contributed by atoms with Crippen molar-refractivity contribution < 1.29 is 9.84 Å². The van der Waals surface area contributed by atoms with Gasteiger partial charge in [-0.2, -0.15) is 0 Å². The van der Waals surface area contributed by atoms with E-state index in [0.717, 1.165) is 12.8 Å². The van der Waals surface area contributed by atoms with Crippen LogP contribution < -0.4 is 0 Å². The maximum Gasteiger partial charge on any atom is 0.106 e. The minimum absolute atomic E-state index is 0.00449. The number of hydrogen-bond donors (Lipinski definition) is 1. The molecule has 2 aliphatic carbocycles. The zero-order chi connectivity index (χ0) is 12.5. The van der Waals surface area contributed by atoms with E-state index in [1.54, 1.807) is 0 Å². The average Bonchev–Trinajstić information content (AvgIpc) is 2.44. The van der Waals surface area contributed by atoms with Gasteiger partial charge in [-0.1, -0.05) is 25.5 Å². The largest absolute Gasteiger partial charge is 0.383 e. The monoisotopic (exact) mass is 236 g/mol. The van der Waals surface area contributed by atoms with Crippen molar-refractivity contribution in [3.8, 4) is 0 Å². The van der Waals surface area contributed by atoms with Crippen LogP contribution in [0.2, 0.25) is 0 Å². The van der Waals surface area contributed by atoms with E-state index in [-0.39, 0.29) is 17.1 Å². The molecular weight excluding hydrogens is 212 g/mol. The van der Waals surface area contributed by atoms with Crippen molar-refractivity contribution in [2.45, 2.75) is 70.7 Å². The van der Waals surface area contributed by atoms with Crippen LogP contribution in [0.1, 0.15) is 53.4 Å². The Hall–Kier alpha value is -0.340. The second-order valence-corrected chi connectivity index (χ2v) is 7.27. The molecule has 0 aromatic carbocycles. The molecule has 2 heteroatoms. The molecule has 4 atom stereocenters. The summed E-state index contributed by atoms with van der Waals surface area (Å²) in [5, 5.41) is 10.5. The van der Waals surface area contributed by atoms with Crippen LogP contribution in [0.25, 0.3) is 0 Å². The lowest BCUT2D eigenvalue weighted by Gasteiger charge is -2.38. The first kappa shape index (κ1) is 11.7. The Kier molecular flexibility index (Phi) is 2.18. The highest BCUT2D eigenvalue weighted by molar-refractivity contribution is 5.32. The highest BCUT2D eigenvalue weighted by Gasteiger charge is 2.57. The third-order valence-electron chi connectivity index (χ3n) is 5.33. The van der Waals surface area contributed by atoms with Crippen LogP contribution >= 0.6 is 0 Å². The van der Waals surface area contributed by atoms with Gasteiger partial charge >= 0.3 is 0 Å². The lowest BCUT2D eigenvalue weighted by molar-refractivity contribution is -0.106. The van der Waals surface area contributed by atoms with Crippen molar-refractivity contribution in [2.24, 2.45) is 11.3 Å². The first-order chi connectivity index (χ1) is 7.75. The maximum atomic E-state index is 10.5. The molecule has 0 aromatic rings. The summed E-state index contributed by atoms with van der Waals surface area (Å²) in [7, 11) is 0. The number of rotatable bonds is 0. The normalized spacial score (nSPS) is 51.9. The van der Waals surface area contributed by atoms with E-state index in [9.17, 15) is 5.11 Å². The van der Waals surface area contributed by atoms with Crippen molar-refractivity contribution in [3.05, 3.63) is 11.6 Å². The minimum Gasteiger partial charge on any atom is -0.383 e. The molecule has 0 aromatic heterocycles. The Balaban J connectivity index is 2.14. The molecule has 2 fully saturated rings. The first-order valence-corrected chi connectivity index (χ1v) is 6.88. The molecule has 0 spiro atoms. The van der Waals surface area contributed by atoms with Crippen molar-refractivity contribution >= 4 is 0 Å². The number of hydrogen-bond acceptors (Lipinski definition) is 2. The predicted molar refractivity (Wildman–Crippen MR) is 67.7 cm³/mol. The van der Waals surface area contributed by atoms with Gasteiger partial charge < -0.3 is 9.84 Å². The van der Waals surface area contributed by atoms with Crippen molar-refractivity contribution in [3.63, 3.8) is 0 Å². The van der Waals surface area contributed by atoms with Gasteiger partial charge in [0.2, 0.25) is 0 Å². The van der Waals surface area contributed by atoms with Crippen LogP contribution in [0.3, 0.4) is 0 Å². The Bertz CT molecular complexity index is 380. The first-order valence-electron chi connectivity index (χ1n) is 6.88. The standard InChI is InChI=1S/C15H24O2/c1-13(2)6-5-7-15(4)10-8-12(17-15)14(3,16)9-11(10)13/h9-10,12,16H,5-8H2,1-4H3/t10-,12+,14-,15+/m1/s1. The van der Waals surface area contributed by atoms with Crippen molar-refractivity contribution in [1.82, 2.24) is 0 Å². The van der Waals surface area contributed by atoms with Gasteiger partial charge in [-0.3, -0.25) is 0 Å². The van der Waals surface area contributed by atoms with Crippen LogP contribution in [0.5, 0.6) is 0 Å². The Labute approximate surface area is 104 Å². The van der Waals surface area contributed by atoms with Crippen LogP contribution in [0.4, 0.5) is 0 Å². The van der Waals surface area contributed by atoms with E-state index in [1.807, 2.05) is 6.92 Å². The number of ether oxygens (including phenoxy) is 1. The minimum atomic E-state index is -0.780. The molecule has 2 bridgehead atoms. The average molecular weight is 236 g/mol. The van der Waals surface area contributed by atoms with Crippen LogP contribution in [-0.2, 0) is 4.74 Å². The molecular formula is C15H24O2. The van der Waals surface area contributed by atoms with Crippen molar-refractivity contribution in [1.29, 1.82) is 0 Å². The second-order valence-electron chi connectivity index (χ2n) is 7.27. The van der Waals surface area contributed by atoms with Gasteiger partial charge in [0.1, 0.15) is 5.60 Å². The fourth-order valence-electron chi connectivity index (χ4n) is 4.17. The van der Waals surface area contributed by atoms with Crippen molar-refractivity contribution in [2.75, 3.05) is 0 Å². The van der Waals surface area contributed by atoms with Gasteiger partial charge in [0.15, 0.2) is 0 Å². The van der Waals surface area contributed by atoms with E-state index in [0.29, 0.717) is 5.92 Å². The molecule has 1 saturated carbocycles. The molecule has 1 aliphatic heterocycles. The molecule has 3 rings (SSSR count). The predicted octanol–water partition coefficient (Wildman–Crippen LogP) is 3.05. The summed E-state index contributed by atoms with van der Waals surface area (Å²) in [6, 6.07) is 0. The summed E-state index contributed by atoms with van der Waals surface area (Å²) in [5.41, 5.74) is 0.838. The summed E-state index contributed by atoms with van der Waals surface area (Å²) in [4.78, 5) is 0. The Morgan fingerprint density at radius 3 is 2.65 bits per heavy atom. The van der Waals surface area contributed by atoms with E-state index in [4.69, 9.17) is 4.74 Å². The Morgan fingerprint density at radius 1 is 1.24 bits per heavy atom. The number of aliphatic hydroxyl groups is 1. The molecule has 0 radical (unpaired) electrons. The lowest BCUT2D eigenvalue weighted by Crippen LogP contribution is -2.41. The van der Waals surface area contributed by atoms with Gasteiger partial charge in [0.25, 0.3) is 0 Å². The highest BCUT2D eigenvalue weighted by Crippen LogP contribution is 2.57. The van der Waals surface area contributed by atoms with E-state index >= 15 is 0 Å². The molecule has 17 heavy (non-hydrogen) atoms. The molecule has 1 N–H and O–H groups in total.